The summed E-state index contributed by atoms with van der Waals surface area (Å²) in [4.78, 5) is 14.4. The second-order valence-corrected chi connectivity index (χ2v) is 5.48. The van der Waals surface area contributed by atoms with E-state index < -0.39 is 0 Å². The number of benzene rings is 1. The van der Waals surface area contributed by atoms with Gasteiger partial charge < -0.3 is 20.5 Å². The Kier molecular flexibility index (Phi) is 5.59. The highest BCUT2D eigenvalue weighted by atomic mass is 16.5. The van der Waals surface area contributed by atoms with Crippen LogP contribution in [0.1, 0.15) is 30.9 Å². The molecule has 1 saturated heterocycles. The Hall–Kier alpha value is -1.59. The number of hydrogen-bond acceptors (Lipinski definition) is 4. The molecule has 1 fully saturated rings. The molecule has 5 nitrogen and oxygen atoms in total. The first-order valence-corrected chi connectivity index (χ1v) is 7.44. The number of carbonyl (C=O) groups is 1. The van der Waals surface area contributed by atoms with E-state index >= 15 is 0 Å². The molecule has 0 saturated carbocycles. The predicted octanol–water partition coefficient (Wildman–Crippen LogP) is 1.32. The fourth-order valence-corrected chi connectivity index (χ4v) is 2.92. The molecule has 1 heterocycles. The van der Waals surface area contributed by atoms with E-state index in [2.05, 4.69) is 0 Å². The van der Waals surface area contributed by atoms with E-state index in [0.717, 1.165) is 30.7 Å². The summed E-state index contributed by atoms with van der Waals surface area (Å²) in [7, 11) is 1.65. The molecule has 0 aromatic heterocycles. The zero-order valence-corrected chi connectivity index (χ0v) is 12.5. The molecule has 0 aliphatic carbocycles. The molecule has 116 valence electrons. The van der Waals surface area contributed by atoms with Crippen molar-refractivity contribution in [2.75, 3.05) is 26.8 Å². The number of nitrogens with two attached hydrogens (primary N) is 1. The largest absolute Gasteiger partial charge is 0.496 e. The Bertz CT molecular complexity index is 474. The standard InChI is InChI=1S/C16H24N2O3/c1-21-15-7-3-2-5-13(15)14-6-4-8-18(14)16(20)9-12(10-17)11-19/h2-3,5,7,12,14,19H,4,6,8-11,17H2,1H3/t12-,14-/m0/s1. The summed E-state index contributed by atoms with van der Waals surface area (Å²) in [5.74, 6) is 0.726. The molecule has 3 N–H and O–H groups in total. The highest BCUT2D eigenvalue weighted by Gasteiger charge is 2.32. The number of likely N-dealkylation sites (tertiary alicyclic amines) is 1. The highest BCUT2D eigenvalue weighted by Crippen LogP contribution is 2.37. The zero-order valence-electron chi connectivity index (χ0n) is 12.5. The number of hydrogen-bond donors (Lipinski definition) is 2. The quantitative estimate of drug-likeness (QED) is 0.829. The van der Waals surface area contributed by atoms with E-state index in [4.69, 9.17) is 10.5 Å². The van der Waals surface area contributed by atoms with Gasteiger partial charge >= 0.3 is 0 Å². The van der Waals surface area contributed by atoms with E-state index in [-0.39, 0.29) is 24.5 Å². The number of aliphatic hydroxyl groups excluding tert-OH is 1. The van der Waals surface area contributed by atoms with Crippen molar-refractivity contribution < 1.29 is 14.6 Å². The van der Waals surface area contributed by atoms with Gasteiger partial charge in [0.1, 0.15) is 5.75 Å². The van der Waals surface area contributed by atoms with E-state index in [1.165, 1.54) is 0 Å². The van der Waals surface area contributed by atoms with Gasteiger partial charge in [0.25, 0.3) is 0 Å². The lowest BCUT2D eigenvalue weighted by Crippen LogP contribution is -2.34. The molecule has 1 aliphatic rings. The van der Waals surface area contributed by atoms with Crippen LogP contribution in [0, 0.1) is 5.92 Å². The summed E-state index contributed by atoms with van der Waals surface area (Å²) in [5.41, 5.74) is 6.63. The monoisotopic (exact) mass is 292 g/mol. The molecule has 0 bridgehead atoms. The van der Waals surface area contributed by atoms with Gasteiger partial charge in [-0.25, -0.2) is 0 Å². The zero-order chi connectivity index (χ0) is 15.2. The van der Waals surface area contributed by atoms with Gasteiger partial charge in [-0.15, -0.1) is 0 Å². The van der Waals surface area contributed by atoms with Crippen molar-refractivity contribution >= 4 is 5.91 Å². The number of rotatable bonds is 6. The van der Waals surface area contributed by atoms with Crippen LogP contribution < -0.4 is 10.5 Å². The van der Waals surface area contributed by atoms with Crippen molar-refractivity contribution in [2.45, 2.75) is 25.3 Å². The lowest BCUT2D eigenvalue weighted by atomic mass is 10.0. The van der Waals surface area contributed by atoms with Gasteiger partial charge in [0.2, 0.25) is 5.91 Å². The van der Waals surface area contributed by atoms with Gasteiger partial charge in [-0.3, -0.25) is 4.79 Å². The van der Waals surface area contributed by atoms with Crippen LogP contribution in [-0.4, -0.2) is 42.7 Å². The van der Waals surface area contributed by atoms with E-state index in [1.54, 1.807) is 7.11 Å². The smallest absolute Gasteiger partial charge is 0.223 e. The van der Waals surface area contributed by atoms with Crippen LogP contribution in [0.25, 0.3) is 0 Å². The van der Waals surface area contributed by atoms with Crippen molar-refractivity contribution in [3.8, 4) is 5.75 Å². The molecule has 1 aromatic rings. The fraction of sp³-hybridized carbons (Fsp3) is 0.562. The van der Waals surface area contributed by atoms with Gasteiger partial charge in [0, 0.05) is 31.1 Å². The molecular weight excluding hydrogens is 268 g/mol. The first-order valence-electron chi connectivity index (χ1n) is 7.44. The fourth-order valence-electron chi connectivity index (χ4n) is 2.92. The third kappa shape index (κ3) is 3.54. The molecule has 0 spiro atoms. The number of amides is 1. The normalized spacial score (nSPS) is 19.6. The Morgan fingerprint density at radius 2 is 2.29 bits per heavy atom. The Balaban J connectivity index is 2.14. The van der Waals surface area contributed by atoms with E-state index in [9.17, 15) is 9.90 Å². The van der Waals surface area contributed by atoms with Crippen LogP contribution >= 0.6 is 0 Å². The summed E-state index contributed by atoms with van der Waals surface area (Å²) in [6.45, 7) is 1.04. The van der Waals surface area contributed by atoms with Crippen LogP contribution in [0.15, 0.2) is 24.3 Å². The second-order valence-electron chi connectivity index (χ2n) is 5.48. The van der Waals surface area contributed by atoms with Crippen LogP contribution in [0.5, 0.6) is 5.75 Å². The molecule has 5 heteroatoms. The Morgan fingerprint density at radius 1 is 1.52 bits per heavy atom. The molecule has 0 radical (unpaired) electrons. The summed E-state index contributed by atoms with van der Waals surface area (Å²) < 4.78 is 5.41. The highest BCUT2D eigenvalue weighted by molar-refractivity contribution is 5.77. The SMILES string of the molecule is COc1ccccc1[C@@H]1CCCN1C(=O)C[C@@H](CN)CO. The number of nitrogens with zero attached hydrogens (tertiary/aromatic N) is 1. The molecule has 21 heavy (non-hydrogen) atoms. The molecule has 1 aromatic carbocycles. The van der Waals surface area contributed by atoms with Crippen LogP contribution in [0.3, 0.4) is 0 Å². The van der Waals surface area contributed by atoms with Crippen molar-refractivity contribution in [3.05, 3.63) is 29.8 Å². The van der Waals surface area contributed by atoms with Gasteiger partial charge in [0.15, 0.2) is 0 Å². The lowest BCUT2D eigenvalue weighted by Gasteiger charge is -2.27. The lowest BCUT2D eigenvalue weighted by molar-refractivity contribution is -0.133. The Morgan fingerprint density at radius 3 is 2.95 bits per heavy atom. The Labute approximate surface area is 125 Å². The number of carbonyl (C=O) groups excluding carboxylic acids is 1. The summed E-state index contributed by atoms with van der Waals surface area (Å²) in [6, 6.07) is 7.90. The average Bonchev–Trinajstić information content (AvgIpc) is 3.01. The minimum absolute atomic E-state index is 0.0462. The summed E-state index contributed by atoms with van der Waals surface area (Å²) >= 11 is 0. The molecule has 2 atom stereocenters. The van der Waals surface area contributed by atoms with Crippen molar-refractivity contribution in [2.24, 2.45) is 11.7 Å². The number of para-hydroxylation sites is 1. The first kappa shape index (κ1) is 15.8. The van der Waals surface area contributed by atoms with E-state index in [0.29, 0.717) is 13.0 Å². The third-order valence-electron chi connectivity index (χ3n) is 4.13. The minimum atomic E-state index is -0.156. The average molecular weight is 292 g/mol. The molecule has 0 unspecified atom stereocenters. The van der Waals surface area contributed by atoms with Gasteiger partial charge in [-0.05, 0) is 25.5 Å². The van der Waals surface area contributed by atoms with Crippen LogP contribution in [-0.2, 0) is 4.79 Å². The third-order valence-corrected chi connectivity index (χ3v) is 4.13. The maximum absolute atomic E-state index is 12.5. The maximum Gasteiger partial charge on any atom is 0.223 e. The number of methoxy groups -OCH3 is 1. The van der Waals surface area contributed by atoms with Crippen molar-refractivity contribution in [3.63, 3.8) is 0 Å². The van der Waals surface area contributed by atoms with Gasteiger partial charge in [0.05, 0.1) is 13.2 Å². The van der Waals surface area contributed by atoms with Crippen molar-refractivity contribution in [1.82, 2.24) is 4.90 Å². The summed E-state index contributed by atoms with van der Waals surface area (Å²) in [5, 5.41) is 9.21. The summed E-state index contributed by atoms with van der Waals surface area (Å²) in [6.07, 6.45) is 2.23. The molecular formula is C16H24N2O3. The number of ether oxygens (including phenoxy) is 1. The predicted molar refractivity (Wildman–Crippen MR) is 80.9 cm³/mol. The second kappa shape index (κ2) is 7.43. The molecule has 2 rings (SSSR count). The molecule has 1 aliphatic heterocycles. The topological polar surface area (TPSA) is 75.8 Å². The molecule has 1 amide bonds. The van der Waals surface area contributed by atoms with Crippen molar-refractivity contribution in [1.29, 1.82) is 0 Å². The minimum Gasteiger partial charge on any atom is -0.496 e. The van der Waals surface area contributed by atoms with Crippen LogP contribution in [0.4, 0.5) is 0 Å². The number of aliphatic hydroxyl groups is 1. The van der Waals surface area contributed by atoms with Crippen LogP contribution in [0.2, 0.25) is 0 Å². The van der Waals surface area contributed by atoms with E-state index in [1.807, 2.05) is 29.2 Å². The maximum atomic E-state index is 12.5. The first-order chi connectivity index (χ1) is 10.2. The van der Waals surface area contributed by atoms with Gasteiger partial charge in [-0.1, -0.05) is 18.2 Å². The van der Waals surface area contributed by atoms with Gasteiger partial charge in [-0.2, -0.15) is 0 Å².